The number of imide groups is 1. The molecule has 2 amide bonds. The molecule has 1 aromatic carbocycles. The van der Waals surface area contributed by atoms with Gasteiger partial charge in [-0.15, -0.1) is 0 Å². The van der Waals surface area contributed by atoms with Gasteiger partial charge in [0, 0.05) is 19.6 Å². The first-order chi connectivity index (χ1) is 10.6. The number of nitrogens with zero attached hydrogens (tertiary/aromatic N) is 1. The van der Waals surface area contributed by atoms with E-state index >= 15 is 0 Å². The van der Waals surface area contributed by atoms with E-state index in [0.29, 0.717) is 13.0 Å². The first-order valence-corrected chi connectivity index (χ1v) is 7.84. The Morgan fingerprint density at radius 1 is 1.23 bits per heavy atom. The fourth-order valence-corrected chi connectivity index (χ4v) is 3.20. The Morgan fingerprint density at radius 3 is 2.68 bits per heavy atom. The molecule has 2 unspecified atom stereocenters. The lowest BCUT2D eigenvalue weighted by Gasteiger charge is -2.17. The Morgan fingerprint density at radius 2 is 2.00 bits per heavy atom. The van der Waals surface area contributed by atoms with Crippen molar-refractivity contribution in [2.24, 2.45) is 5.92 Å². The molecule has 0 aromatic heterocycles. The minimum Gasteiger partial charge on any atom is -0.378 e. The van der Waals surface area contributed by atoms with E-state index in [9.17, 15) is 14.0 Å². The van der Waals surface area contributed by atoms with E-state index in [4.69, 9.17) is 4.74 Å². The maximum absolute atomic E-state index is 12.9. The van der Waals surface area contributed by atoms with E-state index in [1.807, 2.05) is 0 Å². The molecule has 0 aliphatic carbocycles. The first-order valence-electron chi connectivity index (χ1n) is 7.84. The van der Waals surface area contributed by atoms with Crippen molar-refractivity contribution in [3.63, 3.8) is 0 Å². The smallest absolute Gasteiger partial charge is 0.233 e. The Labute approximate surface area is 129 Å². The lowest BCUT2D eigenvalue weighted by atomic mass is 9.98. The van der Waals surface area contributed by atoms with Crippen LogP contribution in [0.5, 0.6) is 0 Å². The number of ether oxygens (including phenoxy) is 1. The number of halogens is 1. The maximum atomic E-state index is 12.9. The van der Waals surface area contributed by atoms with Gasteiger partial charge in [-0.25, -0.2) is 4.39 Å². The lowest BCUT2D eigenvalue weighted by molar-refractivity contribution is -0.139. The van der Waals surface area contributed by atoms with Gasteiger partial charge >= 0.3 is 0 Å². The van der Waals surface area contributed by atoms with Crippen LogP contribution >= 0.6 is 0 Å². The zero-order valence-corrected chi connectivity index (χ0v) is 12.5. The number of rotatable bonds is 5. The van der Waals surface area contributed by atoms with E-state index in [0.717, 1.165) is 31.4 Å². The fourth-order valence-electron chi connectivity index (χ4n) is 3.20. The van der Waals surface area contributed by atoms with Gasteiger partial charge in [-0.05, 0) is 43.4 Å². The molecule has 0 radical (unpaired) electrons. The normalized spacial score (nSPS) is 25.2. The van der Waals surface area contributed by atoms with E-state index in [1.165, 1.54) is 17.0 Å². The van der Waals surface area contributed by atoms with Crippen LogP contribution in [0.25, 0.3) is 0 Å². The van der Waals surface area contributed by atoms with Crippen molar-refractivity contribution < 1.29 is 18.7 Å². The molecule has 118 valence electrons. The van der Waals surface area contributed by atoms with Gasteiger partial charge in [0.15, 0.2) is 0 Å². The van der Waals surface area contributed by atoms with Gasteiger partial charge in [-0.1, -0.05) is 12.1 Å². The van der Waals surface area contributed by atoms with Gasteiger partial charge in [-0.2, -0.15) is 0 Å². The number of carbonyl (C=O) groups excluding carboxylic acids is 2. The van der Waals surface area contributed by atoms with Gasteiger partial charge in [0.2, 0.25) is 11.8 Å². The minimum absolute atomic E-state index is 0.102. The maximum Gasteiger partial charge on any atom is 0.233 e. The predicted molar refractivity (Wildman–Crippen MR) is 78.5 cm³/mol. The summed E-state index contributed by atoms with van der Waals surface area (Å²) in [6.07, 6.45) is 3.70. The van der Waals surface area contributed by atoms with Crippen LogP contribution in [-0.4, -0.2) is 36.0 Å². The highest BCUT2D eigenvalue weighted by Gasteiger charge is 2.38. The standard InChI is InChI=1S/C17H20FNO3/c18-14-5-3-12(4-6-14)10-13-11-16(20)19(17(13)21)8-7-15-2-1-9-22-15/h3-6,13,15H,1-2,7-11H2. The van der Waals surface area contributed by atoms with Crippen LogP contribution in [-0.2, 0) is 20.7 Å². The average molecular weight is 305 g/mol. The van der Waals surface area contributed by atoms with Crippen LogP contribution < -0.4 is 0 Å². The SMILES string of the molecule is O=C1CC(Cc2ccc(F)cc2)C(=O)N1CCC1CCCO1. The molecule has 2 aliphatic rings. The van der Waals surface area contributed by atoms with Gasteiger partial charge in [-0.3, -0.25) is 14.5 Å². The number of hydrogen-bond donors (Lipinski definition) is 0. The van der Waals surface area contributed by atoms with Crippen molar-refractivity contribution >= 4 is 11.8 Å². The van der Waals surface area contributed by atoms with Gasteiger partial charge in [0.1, 0.15) is 5.82 Å². The van der Waals surface area contributed by atoms with Crippen molar-refractivity contribution in [3.8, 4) is 0 Å². The molecule has 3 rings (SSSR count). The zero-order valence-electron chi connectivity index (χ0n) is 12.5. The topological polar surface area (TPSA) is 46.6 Å². The summed E-state index contributed by atoms with van der Waals surface area (Å²) < 4.78 is 18.4. The average Bonchev–Trinajstić information content (AvgIpc) is 3.10. The third-order valence-corrected chi connectivity index (χ3v) is 4.43. The Kier molecular flexibility index (Phi) is 4.52. The number of carbonyl (C=O) groups is 2. The highest BCUT2D eigenvalue weighted by Crippen LogP contribution is 2.25. The van der Waals surface area contributed by atoms with Crippen molar-refractivity contribution in [1.29, 1.82) is 0 Å². The molecule has 1 aromatic rings. The Balaban J connectivity index is 1.57. The molecule has 2 saturated heterocycles. The number of likely N-dealkylation sites (tertiary alicyclic amines) is 1. The fraction of sp³-hybridized carbons (Fsp3) is 0.529. The Bertz CT molecular complexity index is 552. The molecule has 4 nitrogen and oxygen atoms in total. The van der Waals surface area contributed by atoms with Gasteiger partial charge < -0.3 is 4.74 Å². The molecule has 2 fully saturated rings. The van der Waals surface area contributed by atoms with E-state index in [2.05, 4.69) is 0 Å². The molecule has 2 atom stereocenters. The van der Waals surface area contributed by atoms with Gasteiger partial charge in [0.25, 0.3) is 0 Å². The first kappa shape index (κ1) is 15.2. The summed E-state index contributed by atoms with van der Waals surface area (Å²) in [5, 5.41) is 0. The molecule has 22 heavy (non-hydrogen) atoms. The van der Waals surface area contributed by atoms with Gasteiger partial charge in [0.05, 0.1) is 12.0 Å². The van der Waals surface area contributed by atoms with Crippen molar-refractivity contribution in [2.45, 2.75) is 38.2 Å². The lowest BCUT2D eigenvalue weighted by Crippen LogP contribution is -2.33. The molecule has 0 spiro atoms. The van der Waals surface area contributed by atoms with Crippen LogP contribution in [0.15, 0.2) is 24.3 Å². The summed E-state index contributed by atoms with van der Waals surface area (Å²) in [5.74, 6) is -0.819. The second kappa shape index (κ2) is 6.57. The second-order valence-corrected chi connectivity index (χ2v) is 6.04. The van der Waals surface area contributed by atoms with Crippen LogP contribution in [0.3, 0.4) is 0 Å². The molecule has 0 saturated carbocycles. The Hall–Kier alpha value is -1.75. The molecule has 5 heteroatoms. The summed E-state index contributed by atoms with van der Waals surface area (Å²) in [6, 6.07) is 6.10. The van der Waals surface area contributed by atoms with Crippen LogP contribution in [0, 0.1) is 11.7 Å². The van der Waals surface area contributed by atoms with E-state index < -0.39 is 0 Å². The summed E-state index contributed by atoms with van der Waals surface area (Å²) in [5.41, 5.74) is 0.883. The summed E-state index contributed by atoms with van der Waals surface area (Å²) in [6.45, 7) is 1.22. The van der Waals surface area contributed by atoms with Crippen LogP contribution in [0.4, 0.5) is 4.39 Å². The molecular formula is C17H20FNO3. The molecule has 0 N–H and O–H groups in total. The third-order valence-electron chi connectivity index (χ3n) is 4.43. The number of amides is 2. The molecule has 2 heterocycles. The summed E-state index contributed by atoms with van der Waals surface area (Å²) in [4.78, 5) is 25.8. The molecular weight excluding hydrogens is 285 g/mol. The summed E-state index contributed by atoms with van der Waals surface area (Å²) in [7, 11) is 0. The summed E-state index contributed by atoms with van der Waals surface area (Å²) >= 11 is 0. The minimum atomic E-state index is -0.317. The van der Waals surface area contributed by atoms with Crippen LogP contribution in [0.2, 0.25) is 0 Å². The quantitative estimate of drug-likeness (QED) is 0.784. The van der Waals surface area contributed by atoms with E-state index in [1.54, 1.807) is 12.1 Å². The van der Waals surface area contributed by atoms with Crippen LogP contribution in [0.1, 0.15) is 31.2 Å². The van der Waals surface area contributed by atoms with Crippen molar-refractivity contribution in [3.05, 3.63) is 35.6 Å². The van der Waals surface area contributed by atoms with E-state index in [-0.39, 0.29) is 36.1 Å². The highest BCUT2D eigenvalue weighted by molar-refractivity contribution is 6.03. The second-order valence-electron chi connectivity index (χ2n) is 6.04. The molecule has 2 aliphatic heterocycles. The number of hydrogen-bond acceptors (Lipinski definition) is 3. The monoisotopic (exact) mass is 305 g/mol. The van der Waals surface area contributed by atoms with Crippen molar-refractivity contribution in [1.82, 2.24) is 4.90 Å². The third kappa shape index (κ3) is 3.35. The highest BCUT2D eigenvalue weighted by atomic mass is 19.1. The van der Waals surface area contributed by atoms with Crippen molar-refractivity contribution in [2.75, 3.05) is 13.2 Å². The predicted octanol–water partition coefficient (Wildman–Crippen LogP) is 2.31. The number of benzene rings is 1. The zero-order chi connectivity index (χ0) is 15.5. The largest absolute Gasteiger partial charge is 0.378 e. The molecule has 0 bridgehead atoms.